The summed E-state index contributed by atoms with van der Waals surface area (Å²) in [6.45, 7) is 0. The van der Waals surface area contributed by atoms with Crippen molar-refractivity contribution in [1.82, 2.24) is 0 Å². The third kappa shape index (κ3) is 1.29. The van der Waals surface area contributed by atoms with Crippen molar-refractivity contribution in [3.05, 3.63) is 28.6 Å². The number of alkyl halides is 1. The molecule has 4 heteroatoms. The number of carbonyl (C=O) groups is 1. The van der Waals surface area contributed by atoms with E-state index < -0.39 is 0 Å². The zero-order chi connectivity index (χ0) is 10.1. The molecule has 14 heavy (non-hydrogen) atoms. The third-order valence-corrected chi connectivity index (χ3v) is 3.34. The van der Waals surface area contributed by atoms with Crippen molar-refractivity contribution < 1.29 is 9.90 Å². The van der Waals surface area contributed by atoms with E-state index in [1.807, 2.05) is 5.38 Å². The minimum atomic E-state index is 0.182. The topological polar surface area (TPSA) is 37.3 Å². The number of fused-ring (bicyclic) bond motifs is 1. The Morgan fingerprint density at radius 1 is 1.57 bits per heavy atom. The Morgan fingerprint density at radius 2 is 2.36 bits per heavy atom. The summed E-state index contributed by atoms with van der Waals surface area (Å²) < 4.78 is 0.811. The molecule has 0 saturated heterocycles. The van der Waals surface area contributed by atoms with Gasteiger partial charge in [0.15, 0.2) is 6.29 Å². The maximum atomic E-state index is 10.8. The maximum absolute atomic E-state index is 10.8. The number of hydrogen-bond acceptors (Lipinski definition) is 3. The summed E-state index contributed by atoms with van der Waals surface area (Å²) in [4.78, 5) is 10.8. The molecule has 2 nitrogen and oxygen atoms in total. The van der Waals surface area contributed by atoms with Gasteiger partial charge < -0.3 is 5.11 Å². The van der Waals surface area contributed by atoms with Crippen molar-refractivity contribution in [3.63, 3.8) is 0 Å². The number of hydrogen-bond donors (Lipinski definition) is 1. The van der Waals surface area contributed by atoms with E-state index in [-0.39, 0.29) is 11.6 Å². The molecule has 0 aliphatic carbocycles. The van der Waals surface area contributed by atoms with E-state index in [4.69, 9.17) is 11.6 Å². The number of phenols is 1. The maximum Gasteiger partial charge on any atom is 0.151 e. The quantitative estimate of drug-likeness (QED) is 0.631. The van der Waals surface area contributed by atoms with Gasteiger partial charge in [-0.1, -0.05) is 0 Å². The zero-order valence-electron chi connectivity index (χ0n) is 7.16. The second-order valence-corrected chi connectivity index (χ2v) is 4.07. The molecule has 0 radical (unpaired) electrons. The molecule has 0 aliphatic rings. The molecule has 1 aromatic heterocycles. The van der Waals surface area contributed by atoms with Crippen LogP contribution in [0, 0.1) is 0 Å². The lowest BCUT2D eigenvalue weighted by Crippen LogP contribution is -1.86. The molecule has 1 N–H and O–H groups in total. The van der Waals surface area contributed by atoms with Gasteiger partial charge in [-0.25, -0.2) is 0 Å². The van der Waals surface area contributed by atoms with E-state index in [1.54, 1.807) is 12.1 Å². The smallest absolute Gasteiger partial charge is 0.151 e. The van der Waals surface area contributed by atoms with Crippen molar-refractivity contribution in [3.8, 4) is 5.75 Å². The molecule has 0 atom stereocenters. The standard InChI is InChI=1S/C10H7ClO2S/c11-4-6-3-7(5-12)10-8(9(6)13)1-2-14-10/h1-3,5,13H,4H2. The van der Waals surface area contributed by atoms with Crippen LogP contribution in [0.3, 0.4) is 0 Å². The highest BCUT2D eigenvalue weighted by molar-refractivity contribution is 7.17. The van der Waals surface area contributed by atoms with Gasteiger partial charge in [0, 0.05) is 21.2 Å². The minimum Gasteiger partial charge on any atom is -0.507 e. The van der Waals surface area contributed by atoms with Gasteiger partial charge in [0.25, 0.3) is 0 Å². The number of halogens is 1. The van der Waals surface area contributed by atoms with Gasteiger partial charge >= 0.3 is 0 Å². The molecule has 0 saturated carbocycles. The van der Waals surface area contributed by atoms with Crippen LogP contribution in [0.2, 0.25) is 0 Å². The lowest BCUT2D eigenvalue weighted by atomic mass is 10.1. The molecule has 0 aliphatic heterocycles. The fourth-order valence-corrected chi connectivity index (χ4v) is 2.48. The first-order valence-electron chi connectivity index (χ1n) is 4.01. The first kappa shape index (κ1) is 9.49. The van der Waals surface area contributed by atoms with Gasteiger partial charge in [0.1, 0.15) is 5.75 Å². The van der Waals surface area contributed by atoms with Crippen LogP contribution in [-0.2, 0) is 5.88 Å². The van der Waals surface area contributed by atoms with Gasteiger partial charge in [-0.15, -0.1) is 22.9 Å². The summed E-state index contributed by atoms with van der Waals surface area (Å²) in [5.74, 6) is 0.389. The van der Waals surface area contributed by atoms with E-state index in [0.29, 0.717) is 16.5 Å². The average Bonchev–Trinajstić information content (AvgIpc) is 2.68. The van der Waals surface area contributed by atoms with E-state index in [9.17, 15) is 9.90 Å². The fourth-order valence-electron chi connectivity index (χ4n) is 1.40. The van der Waals surface area contributed by atoms with Crippen molar-refractivity contribution in [2.45, 2.75) is 5.88 Å². The number of phenolic OH excluding ortho intramolecular Hbond substituents is 1. The minimum absolute atomic E-state index is 0.182. The highest BCUT2D eigenvalue weighted by Crippen LogP contribution is 2.35. The summed E-state index contributed by atoms with van der Waals surface area (Å²) in [7, 11) is 0. The van der Waals surface area contributed by atoms with Gasteiger partial charge in [-0.2, -0.15) is 0 Å². The molecule has 2 rings (SSSR count). The summed E-state index contributed by atoms with van der Waals surface area (Å²) in [5.41, 5.74) is 1.18. The highest BCUT2D eigenvalue weighted by atomic mass is 35.5. The fraction of sp³-hybridized carbons (Fsp3) is 0.100. The summed E-state index contributed by atoms with van der Waals surface area (Å²) >= 11 is 7.09. The van der Waals surface area contributed by atoms with Crippen LogP contribution in [0.5, 0.6) is 5.75 Å². The van der Waals surface area contributed by atoms with Crippen LogP contribution >= 0.6 is 22.9 Å². The molecular formula is C10H7ClO2S. The van der Waals surface area contributed by atoms with E-state index in [0.717, 1.165) is 11.0 Å². The van der Waals surface area contributed by atoms with Crippen LogP contribution in [-0.4, -0.2) is 11.4 Å². The Balaban J connectivity index is 2.86. The number of aromatic hydroxyl groups is 1. The first-order chi connectivity index (χ1) is 6.77. The van der Waals surface area contributed by atoms with E-state index in [1.165, 1.54) is 11.3 Å². The second-order valence-electron chi connectivity index (χ2n) is 2.89. The van der Waals surface area contributed by atoms with Crippen LogP contribution < -0.4 is 0 Å². The lowest BCUT2D eigenvalue weighted by molar-refractivity contribution is 0.112. The Morgan fingerprint density at radius 3 is 3.00 bits per heavy atom. The van der Waals surface area contributed by atoms with Gasteiger partial charge in [0.05, 0.1) is 5.88 Å². The van der Waals surface area contributed by atoms with Crippen molar-refractivity contribution in [1.29, 1.82) is 0 Å². The van der Waals surface area contributed by atoms with Crippen LogP contribution in [0.4, 0.5) is 0 Å². The van der Waals surface area contributed by atoms with Crippen LogP contribution in [0.1, 0.15) is 15.9 Å². The van der Waals surface area contributed by atoms with Crippen LogP contribution in [0.15, 0.2) is 17.5 Å². The third-order valence-electron chi connectivity index (χ3n) is 2.09. The van der Waals surface area contributed by atoms with Crippen LogP contribution in [0.25, 0.3) is 10.1 Å². The van der Waals surface area contributed by atoms with Crippen molar-refractivity contribution >= 4 is 39.3 Å². The summed E-state index contributed by atoms with van der Waals surface area (Å²) in [6, 6.07) is 3.42. The van der Waals surface area contributed by atoms with Gasteiger partial charge in [-0.05, 0) is 17.5 Å². The number of rotatable bonds is 2. The molecule has 0 spiro atoms. The molecule has 1 aromatic carbocycles. The van der Waals surface area contributed by atoms with Gasteiger partial charge in [0.2, 0.25) is 0 Å². The van der Waals surface area contributed by atoms with Crippen molar-refractivity contribution in [2.24, 2.45) is 0 Å². The largest absolute Gasteiger partial charge is 0.507 e. The van der Waals surface area contributed by atoms with E-state index in [2.05, 4.69) is 0 Å². The number of thiophene rings is 1. The van der Waals surface area contributed by atoms with E-state index >= 15 is 0 Å². The predicted octanol–water partition coefficient (Wildman–Crippen LogP) is 3.16. The van der Waals surface area contributed by atoms with Crippen molar-refractivity contribution in [2.75, 3.05) is 0 Å². The lowest BCUT2D eigenvalue weighted by Gasteiger charge is -2.03. The predicted molar refractivity (Wildman–Crippen MR) is 58.4 cm³/mol. The molecule has 72 valence electrons. The SMILES string of the molecule is O=Cc1cc(CCl)c(O)c2ccsc12. The normalized spacial score (nSPS) is 10.6. The monoisotopic (exact) mass is 226 g/mol. The molecule has 2 aromatic rings. The number of benzene rings is 1. The summed E-state index contributed by atoms with van der Waals surface area (Å²) in [6.07, 6.45) is 0.786. The molecule has 0 amide bonds. The number of carbonyl (C=O) groups excluding carboxylic acids is 1. The molecule has 0 fully saturated rings. The molecule has 1 heterocycles. The summed E-state index contributed by atoms with van der Waals surface area (Å²) in [5, 5.41) is 12.3. The first-order valence-corrected chi connectivity index (χ1v) is 5.42. The molecular weight excluding hydrogens is 220 g/mol. The Bertz CT molecular complexity index is 490. The number of aldehydes is 1. The Hall–Kier alpha value is -1.06. The Labute approximate surface area is 89.7 Å². The van der Waals surface area contributed by atoms with Gasteiger partial charge in [-0.3, -0.25) is 4.79 Å². The highest BCUT2D eigenvalue weighted by Gasteiger charge is 2.11. The molecule has 0 unspecified atom stereocenters. The second kappa shape index (κ2) is 3.59. The Kier molecular flexibility index (Phi) is 2.44. The zero-order valence-corrected chi connectivity index (χ0v) is 8.73. The molecule has 0 bridgehead atoms. The average molecular weight is 227 g/mol.